The number of thioether (sulfide) groups is 1. The average molecular weight is 403 g/mol. The molecule has 7 nitrogen and oxygen atoms in total. The summed E-state index contributed by atoms with van der Waals surface area (Å²) in [6, 6.07) is 6.73. The minimum absolute atomic E-state index is 0.0655. The lowest BCUT2D eigenvalue weighted by Crippen LogP contribution is -2.45. The molecule has 0 saturated carbocycles. The number of ether oxygens (including phenoxy) is 1. The number of carbonyl (C=O) groups excluding carboxylic acids is 2. The number of hydrogen-bond donors (Lipinski definition) is 2. The lowest BCUT2D eigenvalue weighted by Gasteiger charge is -2.20. The molecule has 0 aliphatic rings. The van der Waals surface area contributed by atoms with Crippen LogP contribution in [0, 0.1) is 0 Å². The van der Waals surface area contributed by atoms with Crippen LogP contribution >= 0.6 is 11.8 Å². The first-order valence-corrected chi connectivity index (χ1v) is 11.2. The van der Waals surface area contributed by atoms with Crippen LogP contribution in [0.25, 0.3) is 0 Å². The zero-order chi connectivity index (χ0) is 19.6. The molecule has 0 aliphatic carbocycles. The maximum Gasteiger partial charge on any atom is 0.324 e. The van der Waals surface area contributed by atoms with E-state index in [0.717, 1.165) is 6.42 Å². The van der Waals surface area contributed by atoms with Crippen LogP contribution in [0.2, 0.25) is 0 Å². The largest absolute Gasteiger partial charge is 0.451 e. The van der Waals surface area contributed by atoms with Crippen LogP contribution in [-0.4, -0.2) is 51.0 Å². The number of amides is 1. The Labute approximate surface area is 159 Å². The second-order valence-corrected chi connectivity index (χ2v) is 8.34. The van der Waals surface area contributed by atoms with E-state index in [1.807, 2.05) is 13.2 Å². The van der Waals surface area contributed by atoms with Gasteiger partial charge in [-0.25, -0.2) is 8.42 Å². The minimum Gasteiger partial charge on any atom is -0.451 e. The van der Waals surface area contributed by atoms with Crippen LogP contribution < -0.4 is 10.0 Å². The fourth-order valence-corrected chi connectivity index (χ4v) is 3.73. The van der Waals surface area contributed by atoms with Gasteiger partial charge < -0.3 is 10.1 Å². The Balaban J connectivity index is 2.82. The Morgan fingerprint density at radius 1 is 1.23 bits per heavy atom. The molecule has 0 aliphatic heterocycles. The maximum absolute atomic E-state index is 12.5. The molecule has 26 heavy (non-hydrogen) atoms. The summed E-state index contributed by atoms with van der Waals surface area (Å²) in [7, 11) is -3.87. The van der Waals surface area contributed by atoms with Gasteiger partial charge >= 0.3 is 5.97 Å². The van der Waals surface area contributed by atoms with Crippen molar-refractivity contribution in [2.45, 2.75) is 43.7 Å². The van der Waals surface area contributed by atoms with Gasteiger partial charge in [0.2, 0.25) is 10.0 Å². The van der Waals surface area contributed by atoms with Crippen molar-refractivity contribution >= 4 is 33.7 Å². The van der Waals surface area contributed by atoms with Crippen molar-refractivity contribution in [2.24, 2.45) is 0 Å². The molecule has 0 fully saturated rings. The molecule has 9 heteroatoms. The predicted molar refractivity (Wildman–Crippen MR) is 102 cm³/mol. The fraction of sp³-hybridized carbons (Fsp3) is 0.529. The quantitative estimate of drug-likeness (QED) is 0.545. The fourth-order valence-electron chi connectivity index (χ4n) is 2.02. The number of benzene rings is 1. The van der Waals surface area contributed by atoms with Crippen LogP contribution in [0.1, 0.15) is 26.7 Å². The Morgan fingerprint density at radius 3 is 2.46 bits per heavy atom. The minimum atomic E-state index is -3.87. The van der Waals surface area contributed by atoms with Gasteiger partial charge in [0.15, 0.2) is 6.10 Å². The maximum atomic E-state index is 12.5. The molecule has 1 rings (SSSR count). The first-order valence-electron chi connectivity index (χ1n) is 8.36. The van der Waals surface area contributed by atoms with Crippen molar-refractivity contribution in [1.29, 1.82) is 0 Å². The van der Waals surface area contributed by atoms with Gasteiger partial charge in [0.1, 0.15) is 6.04 Å². The first-order chi connectivity index (χ1) is 12.3. The Kier molecular flexibility index (Phi) is 9.68. The van der Waals surface area contributed by atoms with E-state index >= 15 is 0 Å². The molecular formula is C17H26N2O5S2. The third-order valence-corrected chi connectivity index (χ3v) is 5.59. The number of rotatable bonds is 11. The highest BCUT2D eigenvalue weighted by Crippen LogP contribution is 2.12. The van der Waals surface area contributed by atoms with Gasteiger partial charge in [-0.2, -0.15) is 16.5 Å². The molecule has 2 N–H and O–H groups in total. The molecule has 0 saturated heterocycles. The van der Waals surface area contributed by atoms with E-state index in [9.17, 15) is 18.0 Å². The monoisotopic (exact) mass is 402 g/mol. The van der Waals surface area contributed by atoms with E-state index in [0.29, 0.717) is 12.3 Å². The highest BCUT2D eigenvalue weighted by molar-refractivity contribution is 7.98. The van der Waals surface area contributed by atoms with Crippen LogP contribution in [0.3, 0.4) is 0 Å². The molecule has 1 amide bonds. The Morgan fingerprint density at radius 2 is 1.88 bits per heavy atom. The number of esters is 1. The lowest BCUT2D eigenvalue weighted by atomic mass is 10.2. The summed E-state index contributed by atoms with van der Waals surface area (Å²) in [6.07, 6.45) is 1.89. The van der Waals surface area contributed by atoms with Crippen molar-refractivity contribution in [3.63, 3.8) is 0 Å². The van der Waals surface area contributed by atoms with Gasteiger partial charge in [-0.05, 0) is 43.9 Å². The number of sulfonamides is 1. The van der Waals surface area contributed by atoms with Crippen LogP contribution in [0.4, 0.5) is 0 Å². The molecule has 0 radical (unpaired) electrons. The molecule has 0 aromatic heterocycles. The normalized spacial score (nSPS) is 13.7. The average Bonchev–Trinajstić information content (AvgIpc) is 2.63. The van der Waals surface area contributed by atoms with Gasteiger partial charge in [0.25, 0.3) is 5.91 Å². The third-order valence-electron chi connectivity index (χ3n) is 3.46. The topological polar surface area (TPSA) is 102 Å². The van der Waals surface area contributed by atoms with Crippen molar-refractivity contribution in [2.75, 3.05) is 18.6 Å². The van der Waals surface area contributed by atoms with Gasteiger partial charge in [0.05, 0.1) is 4.90 Å². The van der Waals surface area contributed by atoms with Gasteiger partial charge in [0, 0.05) is 6.54 Å². The van der Waals surface area contributed by atoms with Crippen LogP contribution in [0.15, 0.2) is 35.2 Å². The zero-order valence-electron chi connectivity index (χ0n) is 15.2. The zero-order valence-corrected chi connectivity index (χ0v) is 16.9. The smallest absolute Gasteiger partial charge is 0.324 e. The molecule has 1 aromatic rings. The van der Waals surface area contributed by atoms with E-state index < -0.39 is 34.0 Å². The number of carbonyl (C=O) groups is 2. The molecule has 0 bridgehead atoms. The van der Waals surface area contributed by atoms with Crippen LogP contribution in [0.5, 0.6) is 0 Å². The lowest BCUT2D eigenvalue weighted by molar-refractivity contribution is -0.156. The van der Waals surface area contributed by atoms with Gasteiger partial charge in [-0.1, -0.05) is 25.1 Å². The van der Waals surface area contributed by atoms with Crippen molar-refractivity contribution in [3.05, 3.63) is 30.3 Å². The Bertz CT molecular complexity index is 680. The summed E-state index contributed by atoms with van der Waals surface area (Å²) in [5, 5.41) is 2.63. The summed E-state index contributed by atoms with van der Waals surface area (Å²) in [5.41, 5.74) is 0. The van der Waals surface area contributed by atoms with E-state index in [1.54, 1.807) is 18.2 Å². The molecule has 0 heterocycles. The standard InChI is InChI=1S/C17H26N2O5S2/c1-4-11-18-16(20)13(2)24-17(21)15(10-12-25-3)19-26(22,23)14-8-6-5-7-9-14/h5-9,13,15,19H,4,10-12H2,1-3H3,(H,18,20). The summed E-state index contributed by atoms with van der Waals surface area (Å²) in [4.78, 5) is 24.3. The van der Waals surface area contributed by atoms with E-state index in [2.05, 4.69) is 10.0 Å². The van der Waals surface area contributed by atoms with Gasteiger partial charge in [-0.15, -0.1) is 0 Å². The summed E-state index contributed by atoms with van der Waals surface area (Å²) in [5.74, 6) is -0.611. The van der Waals surface area contributed by atoms with E-state index in [4.69, 9.17) is 4.74 Å². The summed E-state index contributed by atoms with van der Waals surface area (Å²) in [6.45, 7) is 3.85. The molecular weight excluding hydrogens is 376 g/mol. The summed E-state index contributed by atoms with van der Waals surface area (Å²) < 4.78 is 32.5. The van der Waals surface area contributed by atoms with Gasteiger partial charge in [-0.3, -0.25) is 9.59 Å². The van der Waals surface area contributed by atoms with Crippen LogP contribution in [-0.2, 0) is 24.3 Å². The SMILES string of the molecule is CCCNC(=O)C(C)OC(=O)C(CCSC)NS(=O)(=O)c1ccccc1. The molecule has 1 aromatic carbocycles. The van der Waals surface area contributed by atoms with Crippen molar-refractivity contribution in [1.82, 2.24) is 10.0 Å². The number of nitrogens with one attached hydrogen (secondary N) is 2. The van der Waals surface area contributed by atoms with Crippen molar-refractivity contribution in [3.8, 4) is 0 Å². The van der Waals surface area contributed by atoms with E-state index in [-0.39, 0.29) is 11.3 Å². The second-order valence-electron chi connectivity index (χ2n) is 5.64. The summed E-state index contributed by atoms with van der Waals surface area (Å²) >= 11 is 1.48. The highest BCUT2D eigenvalue weighted by Gasteiger charge is 2.29. The first kappa shape index (κ1) is 22.5. The predicted octanol–water partition coefficient (Wildman–Crippen LogP) is 1.54. The highest BCUT2D eigenvalue weighted by atomic mass is 32.2. The van der Waals surface area contributed by atoms with Crippen molar-refractivity contribution < 1.29 is 22.7 Å². The molecule has 0 spiro atoms. The third kappa shape index (κ3) is 7.35. The molecule has 146 valence electrons. The number of hydrogen-bond acceptors (Lipinski definition) is 6. The van der Waals surface area contributed by atoms with E-state index in [1.165, 1.54) is 30.8 Å². The molecule has 2 unspecified atom stereocenters. The second kappa shape index (κ2) is 11.2. The molecule has 2 atom stereocenters. The Hall–Kier alpha value is -1.58.